The fraction of sp³-hybridized carbons (Fsp3) is 0. The molecule has 0 radical (unpaired) electrons. The Balaban J connectivity index is 1.02. The zero-order chi connectivity index (χ0) is 40.3. The van der Waals surface area contributed by atoms with Crippen molar-refractivity contribution in [3.05, 3.63) is 224 Å². The van der Waals surface area contributed by atoms with Crippen molar-refractivity contribution in [2.75, 3.05) is 4.90 Å². The van der Waals surface area contributed by atoms with Gasteiger partial charge in [0.1, 0.15) is 11.3 Å². The maximum atomic E-state index is 6.30. The molecule has 0 spiro atoms. The highest BCUT2D eigenvalue weighted by molar-refractivity contribution is 7.26. The fourth-order valence-electron chi connectivity index (χ4n) is 9.13. The number of furan rings is 1. The smallest absolute Gasteiger partial charge is 0.135 e. The third kappa shape index (κ3) is 6.18. The van der Waals surface area contributed by atoms with E-state index in [-0.39, 0.29) is 0 Å². The number of nitrogens with zero attached hydrogens (tertiary/aromatic N) is 1. The molecule has 0 saturated carbocycles. The molecule has 0 bridgehead atoms. The van der Waals surface area contributed by atoms with E-state index in [0.29, 0.717) is 0 Å². The monoisotopic (exact) mass is 795 g/mol. The van der Waals surface area contributed by atoms with E-state index in [1.54, 1.807) is 0 Å². The summed E-state index contributed by atoms with van der Waals surface area (Å²) in [5.41, 5.74) is 12.3. The second-order valence-electron chi connectivity index (χ2n) is 15.7. The highest BCUT2D eigenvalue weighted by atomic mass is 32.1. The van der Waals surface area contributed by atoms with Crippen molar-refractivity contribution in [1.82, 2.24) is 0 Å². The van der Waals surface area contributed by atoms with Gasteiger partial charge in [-0.1, -0.05) is 158 Å². The Morgan fingerprint density at radius 3 is 1.69 bits per heavy atom. The molecule has 286 valence electrons. The molecule has 0 unspecified atom stereocenters. The lowest BCUT2D eigenvalue weighted by atomic mass is 9.93. The van der Waals surface area contributed by atoms with Crippen LogP contribution in [0.2, 0.25) is 0 Å². The highest BCUT2D eigenvalue weighted by Crippen LogP contribution is 2.44. The Labute approximate surface area is 357 Å². The van der Waals surface area contributed by atoms with E-state index in [4.69, 9.17) is 4.42 Å². The Kier molecular flexibility index (Phi) is 8.39. The van der Waals surface area contributed by atoms with E-state index >= 15 is 0 Å². The van der Waals surface area contributed by atoms with E-state index < -0.39 is 0 Å². The molecule has 12 aromatic rings. The number of fused-ring (bicyclic) bond motifs is 7. The lowest BCUT2D eigenvalue weighted by Crippen LogP contribution is -2.10. The molecular formula is C58H37NOS. The van der Waals surface area contributed by atoms with Crippen LogP contribution in [0.4, 0.5) is 17.1 Å². The van der Waals surface area contributed by atoms with Crippen LogP contribution in [0.5, 0.6) is 0 Å². The molecule has 2 heterocycles. The molecule has 0 atom stereocenters. The van der Waals surface area contributed by atoms with Gasteiger partial charge in [0.2, 0.25) is 0 Å². The molecule has 0 aliphatic heterocycles. The van der Waals surface area contributed by atoms with Crippen LogP contribution >= 0.6 is 11.3 Å². The van der Waals surface area contributed by atoms with Crippen LogP contribution in [0.25, 0.3) is 97.4 Å². The van der Waals surface area contributed by atoms with Crippen LogP contribution in [0.15, 0.2) is 229 Å². The summed E-state index contributed by atoms with van der Waals surface area (Å²) >= 11 is 1.87. The van der Waals surface area contributed by atoms with Gasteiger partial charge in [-0.2, -0.15) is 0 Å². The minimum absolute atomic E-state index is 0.873. The van der Waals surface area contributed by atoms with E-state index in [0.717, 1.165) is 50.5 Å². The van der Waals surface area contributed by atoms with Crippen molar-refractivity contribution in [3.63, 3.8) is 0 Å². The predicted molar refractivity (Wildman–Crippen MR) is 261 cm³/mol. The number of hydrogen-bond acceptors (Lipinski definition) is 3. The molecule has 0 saturated heterocycles. The molecule has 0 amide bonds. The third-order valence-electron chi connectivity index (χ3n) is 12.0. The minimum Gasteiger partial charge on any atom is -0.456 e. The van der Waals surface area contributed by atoms with Crippen LogP contribution in [0.3, 0.4) is 0 Å². The van der Waals surface area contributed by atoms with Gasteiger partial charge in [-0.25, -0.2) is 0 Å². The van der Waals surface area contributed by atoms with Crippen molar-refractivity contribution >= 4 is 81.1 Å². The normalized spacial score (nSPS) is 11.6. The molecule has 2 nitrogen and oxygen atoms in total. The van der Waals surface area contributed by atoms with Gasteiger partial charge in [-0.3, -0.25) is 0 Å². The Bertz CT molecular complexity index is 3610. The zero-order valence-electron chi connectivity index (χ0n) is 33.1. The number of anilines is 3. The SMILES string of the molecule is c1ccc(-c2cc3cc(-c4cccc(N(c5cccc(-c6cc7ccccc7c7ccccc67)c5)c5cccc(-c6cccc7c6sc6ccccc67)c5)c4)ccc3o2)cc1. The van der Waals surface area contributed by atoms with E-state index in [1.807, 2.05) is 29.5 Å². The first kappa shape index (κ1) is 35.2. The maximum absolute atomic E-state index is 6.30. The first-order chi connectivity index (χ1) is 30.2. The van der Waals surface area contributed by atoms with Crippen LogP contribution in [0, 0.1) is 0 Å². The molecule has 12 rings (SSSR count). The van der Waals surface area contributed by atoms with Crippen LogP contribution in [0.1, 0.15) is 0 Å². The molecule has 2 aromatic heterocycles. The Hall–Kier alpha value is -7.72. The molecule has 61 heavy (non-hydrogen) atoms. The first-order valence-electron chi connectivity index (χ1n) is 20.7. The molecule has 10 aromatic carbocycles. The average Bonchev–Trinajstić information content (AvgIpc) is 3.94. The summed E-state index contributed by atoms with van der Waals surface area (Å²) in [5, 5.41) is 8.70. The fourth-order valence-corrected chi connectivity index (χ4v) is 10.4. The first-order valence-corrected chi connectivity index (χ1v) is 21.5. The summed E-state index contributed by atoms with van der Waals surface area (Å²) < 4.78 is 8.92. The van der Waals surface area contributed by atoms with Crippen LogP contribution in [-0.2, 0) is 0 Å². The van der Waals surface area contributed by atoms with Crippen molar-refractivity contribution in [2.24, 2.45) is 0 Å². The topological polar surface area (TPSA) is 16.4 Å². The van der Waals surface area contributed by atoms with Crippen molar-refractivity contribution in [1.29, 1.82) is 0 Å². The van der Waals surface area contributed by atoms with Gasteiger partial charge in [0.25, 0.3) is 0 Å². The predicted octanol–water partition coefficient (Wildman–Crippen LogP) is 17.2. The van der Waals surface area contributed by atoms with E-state index in [1.165, 1.54) is 64.0 Å². The molecule has 0 fully saturated rings. The lowest BCUT2D eigenvalue weighted by molar-refractivity contribution is 0.631. The molecule has 0 N–H and O–H groups in total. The maximum Gasteiger partial charge on any atom is 0.135 e. The van der Waals surface area contributed by atoms with Crippen molar-refractivity contribution < 1.29 is 4.42 Å². The summed E-state index contributed by atoms with van der Waals surface area (Å²) in [5.74, 6) is 0.873. The summed E-state index contributed by atoms with van der Waals surface area (Å²) in [4.78, 5) is 2.41. The average molecular weight is 796 g/mol. The molecule has 3 heteroatoms. The molecule has 0 aliphatic carbocycles. The largest absolute Gasteiger partial charge is 0.456 e. The van der Waals surface area contributed by atoms with Crippen LogP contribution in [-0.4, -0.2) is 0 Å². The quantitative estimate of drug-likeness (QED) is 0.149. The van der Waals surface area contributed by atoms with E-state index in [9.17, 15) is 0 Å². The van der Waals surface area contributed by atoms with Crippen molar-refractivity contribution in [2.45, 2.75) is 0 Å². The van der Waals surface area contributed by atoms with Gasteiger partial charge in [0.15, 0.2) is 0 Å². The summed E-state index contributed by atoms with van der Waals surface area (Å²) in [6, 6.07) is 81.3. The van der Waals surface area contributed by atoms with Gasteiger partial charge in [-0.15, -0.1) is 11.3 Å². The van der Waals surface area contributed by atoms with Gasteiger partial charge in [0, 0.05) is 48.2 Å². The summed E-state index contributed by atoms with van der Waals surface area (Å²) in [6.07, 6.45) is 0. The van der Waals surface area contributed by atoms with Gasteiger partial charge in [0.05, 0.1) is 0 Å². The second-order valence-corrected chi connectivity index (χ2v) is 16.7. The lowest BCUT2D eigenvalue weighted by Gasteiger charge is -2.27. The van der Waals surface area contributed by atoms with Gasteiger partial charge >= 0.3 is 0 Å². The van der Waals surface area contributed by atoms with Crippen LogP contribution < -0.4 is 4.90 Å². The Morgan fingerprint density at radius 2 is 0.902 bits per heavy atom. The molecular weight excluding hydrogens is 759 g/mol. The second kappa shape index (κ2) is 14.5. The zero-order valence-corrected chi connectivity index (χ0v) is 33.9. The highest BCUT2D eigenvalue weighted by Gasteiger charge is 2.18. The standard InChI is InChI=1S/C58H37NOS/c1-2-14-38(15-3-1)56-37-44-32-40(30-31-55(44)60-56)39-17-10-20-45(33-39)59(46-21-11-18-41(34-46)49-27-13-28-53-52-26-8-9-29-57(52)61-58(49)53)47-22-12-19-42(35-47)54-36-43-16-4-5-23-48(43)50-24-6-7-25-51(50)54/h1-37H. The van der Waals surface area contributed by atoms with Gasteiger partial charge < -0.3 is 9.32 Å². The molecule has 0 aliphatic rings. The van der Waals surface area contributed by atoms with Crippen molar-refractivity contribution in [3.8, 4) is 44.7 Å². The Morgan fingerprint density at radius 1 is 0.328 bits per heavy atom. The summed E-state index contributed by atoms with van der Waals surface area (Å²) in [6.45, 7) is 0. The number of hydrogen-bond donors (Lipinski definition) is 0. The van der Waals surface area contributed by atoms with E-state index in [2.05, 4.69) is 211 Å². The third-order valence-corrected chi connectivity index (χ3v) is 13.2. The van der Waals surface area contributed by atoms with Gasteiger partial charge in [-0.05, 0) is 122 Å². The summed E-state index contributed by atoms with van der Waals surface area (Å²) in [7, 11) is 0. The minimum atomic E-state index is 0.873. The number of benzene rings is 10. The number of thiophene rings is 1. The number of rotatable bonds is 7.